The van der Waals surface area contributed by atoms with Crippen LogP contribution in [0, 0.1) is 0 Å². The van der Waals surface area contributed by atoms with Gasteiger partial charge in [0.1, 0.15) is 29.9 Å². The molecule has 1 unspecified atom stereocenters. The van der Waals surface area contributed by atoms with Gasteiger partial charge in [0.2, 0.25) is 0 Å². The fourth-order valence-electron chi connectivity index (χ4n) is 4.71. The molecule has 0 radical (unpaired) electrons. The van der Waals surface area contributed by atoms with Gasteiger partial charge in [-0.3, -0.25) is 14.1 Å². The molecule has 6 N–H and O–H groups in total. The van der Waals surface area contributed by atoms with Crippen molar-refractivity contribution in [1.29, 1.82) is 0 Å². The van der Waals surface area contributed by atoms with E-state index in [1.165, 1.54) is 19.2 Å². The van der Waals surface area contributed by atoms with Crippen LogP contribution in [-0.2, 0) is 33.9 Å². The Morgan fingerprint density at radius 2 is 1.98 bits per heavy atom. The van der Waals surface area contributed by atoms with Crippen LogP contribution >= 0.6 is 11.3 Å². The summed E-state index contributed by atoms with van der Waals surface area (Å²) in [5.74, 6) is -2.25. The lowest BCUT2D eigenvalue weighted by Crippen LogP contribution is -2.76. The largest absolute Gasteiger partial charge is 0.489 e. The topological polar surface area (TPSA) is 248 Å². The maximum absolute atomic E-state index is 13.2. The molecule has 0 saturated carbocycles. The second kappa shape index (κ2) is 13.0. The van der Waals surface area contributed by atoms with Crippen molar-refractivity contribution in [1.82, 2.24) is 25.7 Å². The van der Waals surface area contributed by atoms with Gasteiger partial charge in [-0.2, -0.15) is 13.5 Å². The summed E-state index contributed by atoms with van der Waals surface area (Å²) in [7, 11) is -5.01. The number of carbonyl (C=O) groups excluding carboxylic acids is 2. The molecule has 3 aromatic rings. The van der Waals surface area contributed by atoms with E-state index in [1.54, 1.807) is 18.2 Å². The summed E-state index contributed by atoms with van der Waals surface area (Å²) in [5.41, 5.74) is 4.41. The number of aliphatic carboxylic acids is 1. The Morgan fingerprint density at radius 3 is 2.61 bits per heavy atom. The van der Waals surface area contributed by atoms with E-state index in [1.807, 2.05) is 12.1 Å². The van der Waals surface area contributed by atoms with Gasteiger partial charge in [-0.05, 0) is 44.2 Å². The zero-order valence-electron chi connectivity index (χ0n) is 24.4. The van der Waals surface area contributed by atoms with Crippen LogP contribution in [0.4, 0.5) is 10.9 Å². The van der Waals surface area contributed by atoms with Crippen molar-refractivity contribution in [3.63, 3.8) is 0 Å². The molecule has 46 heavy (non-hydrogen) atoms. The monoisotopic (exact) mass is 678 g/mol. The lowest BCUT2D eigenvalue weighted by Gasteiger charge is -2.50. The number of anilines is 2. The van der Waals surface area contributed by atoms with Crippen LogP contribution in [0.5, 0.6) is 5.75 Å². The zero-order valence-corrected chi connectivity index (χ0v) is 26.1. The molecule has 2 saturated heterocycles. The van der Waals surface area contributed by atoms with Gasteiger partial charge in [0.05, 0.1) is 11.1 Å². The quantitative estimate of drug-likeness (QED) is 0.0719. The molecule has 4 heterocycles. The fraction of sp³-hybridized carbons (Fsp3) is 0.385. The number of ether oxygens (including phenoxy) is 1. The van der Waals surface area contributed by atoms with Crippen molar-refractivity contribution in [3.05, 3.63) is 41.4 Å². The number of β-lactam (4-membered cyclic amide) rings is 1. The molecule has 0 bridgehead atoms. The number of carbonyl (C=O) groups is 3. The number of thiazole rings is 1. The lowest BCUT2D eigenvalue weighted by molar-refractivity contribution is -0.218. The molecule has 2 atom stereocenters. The first-order valence-electron chi connectivity index (χ1n) is 13.7. The van der Waals surface area contributed by atoms with Crippen LogP contribution in [0.25, 0.3) is 10.9 Å². The summed E-state index contributed by atoms with van der Waals surface area (Å²) in [4.78, 5) is 53.8. The average molecular weight is 679 g/mol. The number of nitrogens with one attached hydrogen (secondary N) is 2. The number of carboxylic acids is 1. The van der Waals surface area contributed by atoms with Gasteiger partial charge in [-0.1, -0.05) is 5.16 Å². The summed E-state index contributed by atoms with van der Waals surface area (Å²) in [6.07, 6.45) is -1.68. The van der Waals surface area contributed by atoms with E-state index in [2.05, 4.69) is 30.0 Å². The number of aromatic nitrogens is 2. The molecule has 2 amide bonds. The van der Waals surface area contributed by atoms with Gasteiger partial charge in [0, 0.05) is 36.9 Å². The molecular formula is C26H30N8O10S2. The number of hydrogen-bond acceptors (Lipinski definition) is 15. The Morgan fingerprint density at radius 1 is 1.24 bits per heavy atom. The number of pyridine rings is 1. The van der Waals surface area contributed by atoms with Crippen molar-refractivity contribution in [2.75, 3.05) is 43.4 Å². The van der Waals surface area contributed by atoms with Gasteiger partial charge in [-0.15, -0.1) is 15.6 Å². The number of nitrogens with two attached hydrogens (primary N) is 1. The Bertz CT molecular complexity index is 1790. The number of amides is 2. The van der Waals surface area contributed by atoms with E-state index in [-0.39, 0.29) is 10.8 Å². The van der Waals surface area contributed by atoms with Crippen LogP contribution in [-0.4, -0.2) is 107 Å². The first-order chi connectivity index (χ1) is 21.7. The first kappa shape index (κ1) is 32.8. The number of rotatable bonds is 12. The third kappa shape index (κ3) is 7.26. The standard InChI is InChI=1S/C26H30N8O10S2/c1-26(2)21(23(36)34(26)44-46(39,40)41)31-22(35)20(17-13-45-25(27)30-17)32-43-18(24(37)38)12-42-15-4-5-16-14(11-15)3-6-19(29-16)33-9-7-28-8-10-33/h3-6,11,13,18,21,28H,7-10,12H2,1-2H3,(H2,27,30)(H,31,35)(H,37,38)(H,39,40,41)/b32-20-/t18-,21?/m0/s1. The number of oxime groups is 1. The average Bonchev–Trinajstić information content (AvgIpc) is 3.45. The predicted molar refractivity (Wildman–Crippen MR) is 163 cm³/mol. The third-order valence-corrected chi connectivity index (χ3v) is 8.15. The van der Waals surface area contributed by atoms with E-state index >= 15 is 0 Å². The molecule has 246 valence electrons. The second-order valence-electron chi connectivity index (χ2n) is 10.7. The molecule has 2 aliphatic rings. The number of nitrogens with zero attached hydrogens (tertiary/aromatic N) is 5. The maximum atomic E-state index is 13.2. The van der Waals surface area contributed by atoms with Crippen molar-refractivity contribution in [3.8, 4) is 5.75 Å². The summed E-state index contributed by atoms with van der Waals surface area (Å²) in [6.45, 7) is 5.67. The third-order valence-electron chi connectivity index (χ3n) is 7.14. The molecule has 5 rings (SSSR count). The molecule has 20 heteroatoms. The first-order valence-corrected chi connectivity index (χ1v) is 16.0. The Labute approximate surface area is 266 Å². The second-order valence-corrected chi connectivity index (χ2v) is 12.6. The smallest absolute Gasteiger partial charge is 0.418 e. The number of hydrogen-bond donors (Lipinski definition) is 5. The van der Waals surface area contributed by atoms with Crippen LogP contribution in [0.2, 0.25) is 0 Å². The van der Waals surface area contributed by atoms with Crippen LogP contribution in [0.3, 0.4) is 0 Å². The molecule has 0 spiro atoms. The summed E-state index contributed by atoms with van der Waals surface area (Å²) >= 11 is 0.963. The van der Waals surface area contributed by atoms with Crippen LogP contribution in [0.15, 0.2) is 40.9 Å². The van der Waals surface area contributed by atoms with Gasteiger partial charge in [-0.25, -0.2) is 14.8 Å². The van der Waals surface area contributed by atoms with Crippen LogP contribution in [0.1, 0.15) is 19.5 Å². The SMILES string of the molecule is CC1(C)C(NC(=O)/C(=N\O[C@@H](COc2ccc3nc(N4CCNCC4)ccc3c2)C(=O)O)c2csc(N)n2)C(=O)N1OS(=O)(=O)O. The van der Waals surface area contributed by atoms with Gasteiger partial charge in [0.25, 0.3) is 17.9 Å². The number of benzene rings is 1. The van der Waals surface area contributed by atoms with Crippen molar-refractivity contribution >= 4 is 67.1 Å². The van der Waals surface area contributed by atoms with E-state index < -0.39 is 58.2 Å². The minimum Gasteiger partial charge on any atom is -0.489 e. The van der Waals surface area contributed by atoms with E-state index in [9.17, 15) is 27.9 Å². The van der Waals surface area contributed by atoms with Crippen molar-refractivity contribution < 1.29 is 46.3 Å². The summed E-state index contributed by atoms with van der Waals surface area (Å²) in [6, 6.07) is 7.58. The molecular weight excluding hydrogens is 648 g/mol. The van der Waals surface area contributed by atoms with Gasteiger partial charge in [0.15, 0.2) is 10.8 Å². The lowest BCUT2D eigenvalue weighted by atomic mass is 9.84. The summed E-state index contributed by atoms with van der Waals surface area (Å²) < 4.78 is 41.1. The molecule has 1 aromatic carbocycles. The maximum Gasteiger partial charge on any atom is 0.418 e. The number of piperazine rings is 1. The zero-order chi connectivity index (χ0) is 33.2. The highest BCUT2D eigenvalue weighted by molar-refractivity contribution is 7.80. The molecule has 18 nitrogen and oxygen atoms in total. The van der Waals surface area contributed by atoms with Gasteiger partial charge >= 0.3 is 16.4 Å². The fourth-order valence-corrected chi connectivity index (χ4v) is 5.71. The molecule has 2 fully saturated rings. The molecule has 2 aliphatic heterocycles. The number of fused-ring (bicyclic) bond motifs is 1. The molecule has 2 aromatic heterocycles. The van der Waals surface area contributed by atoms with E-state index in [4.69, 9.17) is 24.8 Å². The highest BCUT2D eigenvalue weighted by atomic mass is 32.3. The number of nitrogen functional groups attached to an aromatic ring is 1. The van der Waals surface area contributed by atoms with Crippen LogP contribution < -0.4 is 26.0 Å². The predicted octanol–water partition coefficient (Wildman–Crippen LogP) is -0.224. The Balaban J connectivity index is 1.28. The molecule has 0 aliphatic carbocycles. The Kier molecular flexibility index (Phi) is 9.26. The normalized spacial score (nSPS) is 19.0. The Hall–Kier alpha value is -4.63. The van der Waals surface area contributed by atoms with Crippen molar-refractivity contribution in [2.24, 2.45) is 5.16 Å². The van der Waals surface area contributed by atoms with E-state index in [0.717, 1.165) is 54.2 Å². The minimum atomic E-state index is -5.01. The highest BCUT2D eigenvalue weighted by Gasteiger charge is 2.58. The van der Waals surface area contributed by atoms with E-state index in [0.29, 0.717) is 10.8 Å². The minimum absolute atomic E-state index is 0.0623. The number of carboxylic acid groups (broad SMARTS) is 1. The van der Waals surface area contributed by atoms with Crippen molar-refractivity contribution in [2.45, 2.75) is 31.5 Å². The summed E-state index contributed by atoms with van der Waals surface area (Å²) in [5, 5.41) is 21.7. The highest BCUT2D eigenvalue weighted by Crippen LogP contribution is 2.33. The van der Waals surface area contributed by atoms with Gasteiger partial charge < -0.3 is 35.9 Å². The number of hydroxylamine groups is 2.